The molecule has 8 heteroatoms. The first-order valence-electron chi connectivity index (χ1n) is 10.9. The average molecular weight is 444 g/mol. The number of hydrogen-bond donors (Lipinski definition) is 3. The Labute approximate surface area is 180 Å². The summed E-state index contributed by atoms with van der Waals surface area (Å²) in [5.41, 5.74) is 1.24. The van der Waals surface area contributed by atoms with Crippen LogP contribution in [0.25, 0.3) is 0 Å². The topological polar surface area (TPSA) is 113 Å². The number of aliphatic hydroxyl groups is 2. The Hall–Kier alpha value is -1.22. The zero-order valence-corrected chi connectivity index (χ0v) is 19.1. The van der Waals surface area contributed by atoms with Crippen molar-refractivity contribution in [3.63, 3.8) is 0 Å². The van der Waals surface area contributed by atoms with Gasteiger partial charge in [0.25, 0.3) is 0 Å². The van der Waals surface area contributed by atoms with Crippen LogP contribution in [0.3, 0.4) is 0 Å². The number of fused-ring (bicyclic) bond motifs is 1. The highest BCUT2D eigenvalue weighted by atomic mass is 32.2. The third kappa shape index (κ3) is 8.49. The Bertz CT molecular complexity index is 728. The number of unbranched alkanes of at least 4 members (excludes halogenated alkanes) is 1. The van der Waals surface area contributed by atoms with E-state index in [0.717, 1.165) is 31.9 Å². The molecule has 7 nitrogen and oxygen atoms in total. The van der Waals surface area contributed by atoms with Gasteiger partial charge in [-0.05, 0) is 51.9 Å². The monoisotopic (exact) mass is 443 g/mol. The van der Waals surface area contributed by atoms with Gasteiger partial charge in [-0.25, -0.2) is 8.42 Å². The van der Waals surface area contributed by atoms with E-state index in [2.05, 4.69) is 6.08 Å². The Morgan fingerprint density at radius 3 is 2.67 bits per heavy atom. The van der Waals surface area contributed by atoms with Gasteiger partial charge in [-0.1, -0.05) is 30.2 Å². The van der Waals surface area contributed by atoms with E-state index in [1.165, 1.54) is 5.57 Å². The number of aliphatic hydroxyl groups excluding tert-OH is 2. The standard InChI is InChI=1S/C22H37NO6S/c1-15(2)7-6-8-16(24)11-12-18-19-13-17(29-21(19)14-20(18)25)9-4-5-10-22(26)23-30(3,27)28/h7,11-12,16-21,24-25H,4-6,8-10,13-14H2,1-3H3,(H,23,26)/b12-11+/t16-,17+,18+,19+,20+,21-/m0/s1. The molecule has 30 heavy (non-hydrogen) atoms. The first-order chi connectivity index (χ1) is 14.0. The maximum atomic E-state index is 11.5. The molecular weight excluding hydrogens is 406 g/mol. The van der Waals surface area contributed by atoms with Crippen LogP contribution >= 0.6 is 0 Å². The molecule has 0 aromatic carbocycles. The molecule has 3 N–H and O–H groups in total. The van der Waals surface area contributed by atoms with Gasteiger partial charge in [0, 0.05) is 18.8 Å². The van der Waals surface area contributed by atoms with Crippen LogP contribution in [0.5, 0.6) is 0 Å². The van der Waals surface area contributed by atoms with E-state index in [4.69, 9.17) is 4.74 Å². The summed E-state index contributed by atoms with van der Waals surface area (Å²) in [6.45, 7) is 4.08. The molecule has 1 aliphatic heterocycles. The van der Waals surface area contributed by atoms with E-state index < -0.39 is 28.1 Å². The first kappa shape index (κ1) is 25.0. The SMILES string of the molecule is CC(C)=CCC[C@H](O)/C=C/[C@@H]1[C@H]2C[C@@H](CCCCC(=O)NS(C)(=O)=O)O[C@H]2C[C@H]1O. The van der Waals surface area contributed by atoms with Gasteiger partial charge in [0.2, 0.25) is 15.9 Å². The molecule has 1 saturated carbocycles. The van der Waals surface area contributed by atoms with Crippen LogP contribution in [0, 0.1) is 11.8 Å². The molecule has 2 aliphatic rings. The van der Waals surface area contributed by atoms with Crippen molar-refractivity contribution in [2.45, 2.75) is 89.6 Å². The largest absolute Gasteiger partial charge is 0.392 e. The summed E-state index contributed by atoms with van der Waals surface area (Å²) in [7, 11) is -3.49. The molecule has 172 valence electrons. The predicted molar refractivity (Wildman–Crippen MR) is 116 cm³/mol. The van der Waals surface area contributed by atoms with Crippen LogP contribution in [0.4, 0.5) is 0 Å². The fraction of sp³-hybridized carbons (Fsp3) is 0.773. The van der Waals surface area contributed by atoms with Crippen molar-refractivity contribution in [3.05, 3.63) is 23.8 Å². The van der Waals surface area contributed by atoms with Gasteiger partial charge < -0.3 is 14.9 Å². The van der Waals surface area contributed by atoms with Crippen molar-refractivity contribution in [3.8, 4) is 0 Å². The van der Waals surface area contributed by atoms with Crippen LogP contribution in [0.15, 0.2) is 23.8 Å². The quantitative estimate of drug-likeness (QED) is 0.334. The summed E-state index contributed by atoms with van der Waals surface area (Å²) in [4.78, 5) is 11.5. The van der Waals surface area contributed by atoms with E-state index in [0.29, 0.717) is 19.3 Å². The lowest BCUT2D eigenvalue weighted by molar-refractivity contribution is -0.119. The number of rotatable bonds is 11. The van der Waals surface area contributed by atoms with E-state index in [1.54, 1.807) is 0 Å². The van der Waals surface area contributed by atoms with Gasteiger partial charge in [0.1, 0.15) is 0 Å². The third-order valence-corrected chi connectivity index (χ3v) is 6.44. The summed E-state index contributed by atoms with van der Waals surface area (Å²) < 4.78 is 30.1. The van der Waals surface area contributed by atoms with Crippen molar-refractivity contribution >= 4 is 15.9 Å². The highest BCUT2D eigenvalue weighted by Gasteiger charge is 2.47. The molecule has 1 saturated heterocycles. The molecular formula is C22H37NO6S. The van der Waals surface area contributed by atoms with Gasteiger partial charge in [-0.2, -0.15) is 0 Å². The van der Waals surface area contributed by atoms with Gasteiger partial charge >= 0.3 is 0 Å². The second kappa shape index (κ2) is 11.4. The van der Waals surface area contributed by atoms with E-state index >= 15 is 0 Å². The number of carbonyl (C=O) groups is 1. The molecule has 0 aromatic rings. The van der Waals surface area contributed by atoms with Gasteiger partial charge in [0.05, 0.1) is 30.7 Å². The highest BCUT2D eigenvalue weighted by Crippen LogP contribution is 2.45. The minimum absolute atomic E-state index is 0.00126. The van der Waals surface area contributed by atoms with Gasteiger partial charge in [-0.3, -0.25) is 9.52 Å². The van der Waals surface area contributed by atoms with Crippen molar-refractivity contribution in [2.75, 3.05) is 6.26 Å². The summed E-state index contributed by atoms with van der Waals surface area (Å²) in [6.07, 6.45) is 11.4. The molecule has 1 aliphatic carbocycles. The second-order valence-corrected chi connectivity index (χ2v) is 10.7. The number of sulfonamides is 1. The Kier molecular flexibility index (Phi) is 9.53. The number of nitrogens with one attached hydrogen (secondary N) is 1. The minimum Gasteiger partial charge on any atom is -0.392 e. The number of amides is 1. The highest BCUT2D eigenvalue weighted by molar-refractivity contribution is 7.89. The molecule has 2 rings (SSSR count). The summed E-state index contributed by atoms with van der Waals surface area (Å²) in [6, 6.07) is 0. The van der Waals surface area contributed by atoms with Gasteiger partial charge in [0.15, 0.2) is 0 Å². The normalized spacial score (nSPS) is 29.7. The lowest BCUT2D eigenvalue weighted by Crippen LogP contribution is -2.29. The number of ether oxygens (including phenoxy) is 1. The lowest BCUT2D eigenvalue weighted by atomic mass is 9.89. The zero-order chi connectivity index (χ0) is 22.3. The fourth-order valence-electron chi connectivity index (χ4n) is 4.44. The number of hydrogen-bond acceptors (Lipinski definition) is 6. The number of carbonyl (C=O) groups excluding carboxylic acids is 1. The van der Waals surface area contributed by atoms with Crippen molar-refractivity contribution in [1.29, 1.82) is 0 Å². The first-order valence-corrected chi connectivity index (χ1v) is 12.8. The molecule has 1 amide bonds. The molecule has 0 spiro atoms. The van der Waals surface area contributed by atoms with Crippen LogP contribution in [-0.2, 0) is 19.6 Å². The predicted octanol–water partition coefficient (Wildman–Crippen LogP) is 2.44. The minimum atomic E-state index is -3.49. The summed E-state index contributed by atoms with van der Waals surface area (Å²) in [5, 5.41) is 20.6. The van der Waals surface area contributed by atoms with Crippen molar-refractivity contribution < 1.29 is 28.2 Å². The maximum absolute atomic E-state index is 11.5. The summed E-state index contributed by atoms with van der Waals surface area (Å²) >= 11 is 0. The Balaban J connectivity index is 1.73. The van der Waals surface area contributed by atoms with E-state index in [9.17, 15) is 23.4 Å². The van der Waals surface area contributed by atoms with Gasteiger partial charge in [-0.15, -0.1) is 0 Å². The molecule has 0 aromatic heterocycles. The molecule has 2 fully saturated rings. The maximum Gasteiger partial charge on any atom is 0.233 e. The second-order valence-electron chi connectivity index (χ2n) is 8.93. The molecule has 1 heterocycles. The fourth-order valence-corrected chi connectivity index (χ4v) is 4.96. The number of allylic oxidation sites excluding steroid dienone is 2. The zero-order valence-electron chi connectivity index (χ0n) is 18.3. The third-order valence-electron chi connectivity index (χ3n) is 5.84. The molecule has 0 bridgehead atoms. The summed E-state index contributed by atoms with van der Waals surface area (Å²) in [5.74, 6) is -0.225. The average Bonchev–Trinajstić information content (AvgIpc) is 3.11. The van der Waals surface area contributed by atoms with E-state index in [-0.39, 0.29) is 30.5 Å². The Morgan fingerprint density at radius 1 is 1.27 bits per heavy atom. The van der Waals surface area contributed by atoms with Crippen LogP contribution in [0.2, 0.25) is 0 Å². The van der Waals surface area contributed by atoms with Crippen molar-refractivity contribution in [1.82, 2.24) is 4.72 Å². The van der Waals surface area contributed by atoms with Crippen LogP contribution in [-0.4, -0.2) is 55.2 Å². The van der Waals surface area contributed by atoms with Crippen molar-refractivity contribution in [2.24, 2.45) is 11.8 Å². The van der Waals surface area contributed by atoms with Crippen LogP contribution < -0.4 is 4.72 Å². The molecule has 0 radical (unpaired) electrons. The molecule has 6 atom stereocenters. The Morgan fingerprint density at radius 2 is 2.00 bits per heavy atom. The smallest absolute Gasteiger partial charge is 0.233 e. The van der Waals surface area contributed by atoms with Crippen LogP contribution in [0.1, 0.15) is 65.2 Å². The molecule has 0 unspecified atom stereocenters. The van der Waals surface area contributed by atoms with E-state index in [1.807, 2.05) is 30.7 Å². The lowest BCUT2D eigenvalue weighted by Gasteiger charge is -2.18.